The fourth-order valence-electron chi connectivity index (χ4n) is 6.61. The number of carbonyl (C=O) groups excluding carboxylic acids is 1. The average molecular weight is 433 g/mol. The Hall–Kier alpha value is -3.46. The summed E-state index contributed by atoms with van der Waals surface area (Å²) in [6.45, 7) is 2.12. The smallest absolute Gasteiger partial charge is 0.229 e. The van der Waals surface area contributed by atoms with Gasteiger partial charge in [-0.3, -0.25) is 9.78 Å². The molecule has 0 aliphatic heterocycles. The molecule has 2 aliphatic rings. The van der Waals surface area contributed by atoms with E-state index in [9.17, 15) is 4.79 Å². The number of rotatable bonds is 4. The van der Waals surface area contributed by atoms with E-state index in [1.807, 2.05) is 30.3 Å². The highest BCUT2D eigenvalue weighted by Gasteiger charge is 2.61. The molecule has 3 nitrogen and oxygen atoms in total. The van der Waals surface area contributed by atoms with E-state index in [-0.39, 0.29) is 23.2 Å². The van der Waals surface area contributed by atoms with Crippen LogP contribution in [0.15, 0.2) is 91.1 Å². The van der Waals surface area contributed by atoms with Gasteiger partial charge < -0.3 is 5.32 Å². The maximum Gasteiger partial charge on any atom is 0.229 e. The molecule has 1 amide bonds. The zero-order valence-corrected chi connectivity index (χ0v) is 18.9. The summed E-state index contributed by atoms with van der Waals surface area (Å²) < 4.78 is 0. The number of carbonyl (C=O) groups is 1. The van der Waals surface area contributed by atoms with Crippen LogP contribution in [0.2, 0.25) is 0 Å². The van der Waals surface area contributed by atoms with Crippen molar-refractivity contribution >= 4 is 22.5 Å². The number of nitrogens with one attached hydrogen (secondary N) is 1. The lowest BCUT2D eigenvalue weighted by Gasteiger charge is -2.39. The third-order valence-electron chi connectivity index (χ3n) is 8.03. The lowest BCUT2D eigenvalue weighted by atomic mass is 9.64. The zero-order valence-electron chi connectivity index (χ0n) is 18.9. The third kappa shape index (κ3) is 3.26. The Balaban J connectivity index is 1.44. The van der Waals surface area contributed by atoms with Gasteiger partial charge in [0.1, 0.15) is 0 Å². The number of para-hydroxylation sites is 1. The number of hydrogen-bond donors (Lipinski definition) is 1. The van der Waals surface area contributed by atoms with E-state index in [1.165, 1.54) is 23.1 Å². The van der Waals surface area contributed by atoms with E-state index < -0.39 is 0 Å². The molecule has 0 saturated heterocycles. The van der Waals surface area contributed by atoms with Crippen LogP contribution in [0.1, 0.15) is 41.9 Å². The first-order chi connectivity index (χ1) is 16.2. The SMILES string of the molecule is Cc1ccc([C@@H]2[C@@H]3CC[C@@](c4ccccc4)(C3)[C@@H]2C(=O)Nc2cccc3cccnc23)cc1. The second kappa shape index (κ2) is 7.84. The van der Waals surface area contributed by atoms with E-state index in [4.69, 9.17) is 0 Å². The van der Waals surface area contributed by atoms with Gasteiger partial charge in [0.2, 0.25) is 5.91 Å². The van der Waals surface area contributed by atoms with Crippen LogP contribution in [0.25, 0.3) is 10.9 Å². The Bertz CT molecular complexity index is 1310. The quantitative estimate of drug-likeness (QED) is 0.393. The summed E-state index contributed by atoms with van der Waals surface area (Å²) in [7, 11) is 0. The van der Waals surface area contributed by atoms with Crippen LogP contribution in [0.4, 0.5) is 5.69 Å². The monoisotopic (exact) mass is 432 g/mol. The molecule has 4 aromatic rings. The molecule has 2 bridgehead atoms. The van der Waals surface area contributed by atoms with Crippen LogP contribution in [0, 0.1) is 18.8 Å². The van der Waals surface area contributed by atoms with Gasteiger partial charge in [-0.2, -0.15) is 0 Å². The van der Waals surface area contributed by atoms with E-state index in [0.717, 1.165) is 29.4 Å². The molecule has 2 saturated carbocycles. The summed E-state index contributed by atoms with van der Waals surface area (Å²) in [5.41, 5.74) is 5.37. The molecular weight excluding hydrogens is 404 g/mol. The molecule has 6 rings (SSSR count). The standard InChI is InChI=1S/C30H28N2O/c1-20-12-14-21(15-13-20)26-23-16-17-30(19-23,24-9-3-2-4-10-24)27(26)29(33)32-25-11-5-7-22-8-6-18-31-28(22)25/h2-15,18,23,26-27H,16-17,19H2,1H3,(H,32,33)/t23-,26-,27+,30+/m1/s1. The minimum atomic E-state index is -0.121. The molecule has 1 aromatic heterocycles. The maximum atomic E-state index is 14.1. The number of pyridine rings is 1. The predicted octanol–water partition coefficient (Wildman–Crippen LogP) is 6.63. The van der Waals surface area contributed by atoms with Gasteiger partial charge in [-0.15, -0.1) is 0 Å². The summed E-state index contributed by atoms with van der Waals surface area (Å²) in [5.74, 6) is 0.752. The largest absolute Gasteiger partial charge is 0.324 e. The zero-order chi connectivity index (χ0) is 22.4. The van der Waals surface area contributed by atoms with Gasteiger partial charge in [0.15, 0.2) is 0 Å². The molecule has 1 heterocycles. The highest BCUT2D eigenvalue weighted by atomic mass is 16.2. The van der Waals surface area contributed by atoms with Crippen molar-refractivity contribution in [3.05, 3.63) is 108 Å². The minimum absolute atomic E-state index is 0.111. The Morgan fingerprint density at radius 1 is 0.939 bits per heavy atom. The van der Waals surface area contributed by atoms with Gasteiger partial charge in [-0.25, -0.2) is 0 Å². The van der Waals surface area contributed by atoms with E-state index in [0.29, 0.717) is 5.92 Å². The molecule has 164 valence electrons. The lowest BCUT2D eigenvalue weighted by Crippen LogP contribution is -2.42. The number of amides is 1. The second-order valence-electron chi connectivity index (χ2n) is 9.81. The lowest BCUT2D eigenvalue weighted by molar-refractivity contribution is -0.122. The number of hydrogen-bond acceptors (Lipinski definition) is 2. The molecule has 2 aliphatic carbocycles. The number of anilines is 1. The topological polar surface area (TPSA) is 42.0 Å². The number of benzene rings is 3. The molecule has 0 unspecified atom stereocenters. The van der Waals surface area contributed by atoms with Gasteiger partial charge >= 0.3 is 0 Å². The number of aromatic nitrogens is 1. The summed E-state index contributed by atoms with van der Waals surface area (Å²) >= 11 is 0. The van der Waals surface area contributed by atoms with Crippen molar-refractivity contribution in [2.75, 3.05) is 5.32 Å². The molecule has 1 N–H and O–H groups in total. The Labute approximate surface area is 194 Å². The van der Waals surface area contributed by atoms with Crippen molar-refractivity contribution in [3.8, 4) is 0 Å². The molecule has 0 spiro atoms. The highest BCUT2D eigenvalue weighted by molar-refractivity contribution is 6.02. The molecule has 3 aromatic carbocycles. The summed E-state index contributed by atoms with van der Waals surface area (Å²) in [4.78, 5) is 18.7. The van der Waals surface area contributed by atoms with Crippen molar-refractivity contribution in [1.82, 2.24) is 4.98 Å². The Morgan fingerprint density at radius 2 is 1.73 bits per heavy atom. The fourth-order valence-corrected chi connectivity index (χ4v) is 6.61. The van der Waals surface area contributed by atoms with Crippen LogP contribution >= 0.6 is 0 Å². The van der Waals surface area contributed by atoms with Crippen molar-refractivity contribution in [1.29, 1.82) is 0 Å². The molecule has 3 heteroatoms. The van der Waals surface area contributed by atoms with E-state index in [1.54, 1.807) is 6.20 Å². The Kier molecular flexibility index (Phi) is 4.79. The van der Waals surface area contributed by atoms with Gasteiger partial charge in [-0.05, 0) is 61.3 Å². The molecule has 0 radical (unpaired) electrons. The van der Waals surface area contributed by atoms with Crippen molar-refractivity contribution in [3.63, 3.8) is 0 Å². The summed E-state index contributed by atoms with van der Waals surface area (Å²) in [5, 5.41) is 4.35. The van der Waals surface area contributed by atoms with Crippen molar-refractivity contribution in [2.45, 2.75) is 37.5 Å². The Morgan fingerprint density at radius 3 is 2.55 bits per heavy atom. The van der Waals surface area contributed by atoms with Gasteiger partial charge in [-0.1, -0.05) is 78.4 Å². The summed E-state index contributed by atoms with van der Waals surface area (Å²) in [6, 6.07) is 29.5. The van der Waals surface area contributed by atoms with E-state index in [2.05, 4.69) is 71.8 Å². The molecular formula is C30H28N2O. The van der Waals surface area contributed by atoms with Crippen molar-refractivity contribution in [2.24, 2.45) is 11.8 Å². The fraction of sp³-hybridized carbons (Fsp3) is 0.267. The van der Waals surface area contributed by atoms with Crippen LogP contribution in [-0.4, -0.2) is 10.9 Å². The van der Waals surface area contributed by atoms with Crippen LogP contribution in [0.5, 0.6) is 0 Å². The highest BCUT2D eigenvalue weighted by Crippen LogP contribution is 2.64. The van der Waals surface area contributed by atoms with Crippen LogP contribution < -0.4 is 5.32 Å². The first kappa shape index (κ1) is 20.2. The third-order valence-corrected chi connectivity index (χ3v) is 8.03. The van der Waals surface area contributed by atoms with E-state index >= 15 is 0 Å². The number of nitrogens with zero attached hydrogens (tertiary/aromatic N) is 1. The van der Waals surface area contributed by atoms with Gasteiger partial charge in [0.25, 0.3) is 0 Å². The van der Waals surface area contributed by atoms with Crippen LogP contribution in [0.3, 0.4) is 0 Å². The average Bonchev–Trinajstić information content (AvgIpc) is 3.44. The van der Waals surface area contributed by atoms with Gasteiger partial charge in [0, 0.05) is 17.0 Å². The normalized spacial score (nSPS) is 25.9. The number of fused-ring (bicyclic) bond motifs is 3. The summed E-state index contributed by atoms with van der Waals surface area (Å²) in [6.07, 6.45) is 5.10. The molecule has 33 heavy (non-hydrogen) atoms. The number of aryl methyl sites for hydroxylation is 1. The molecule has 2 fully saturated rings. The first-order valence-electron chi connectivity index (χ1n) is 11.9. The van der Waals surface area contributed by atoms with Gasteiger partial charge in [0.05, 0.1) is 17.1 Å². The van der Waals surface area contributed by atoms with Crippen molar-refractivity contribution < 1.29 is 4.79 Å². The predicted molar refractivity (Wildman–Crippen MR) is 133 cm³/mol. The second-order valence-corrected chi connectivity index (χ2v) is 9.81. The first-order valence-corrected chi connectivity index (χ1v) is 11.9. The molecule has 4 atom stereocenters. The van der Waals surface area contributed by atoms with Crippen LogP contribution in [-0.2, 0) is 10.2 Å². The maximum absolute atomic E-state index is 14.1. The minimum Gasteiger partial charge on any atom is -0.324 e.